The lowest BCUT2D eigenvalue weighted by Gasteiger charge is -2.22. The second-order valence-electron chi connectivity index (χ2n) is 5.09. The highest BCUT2D eigenvalue weighted by atomic mass is 32.2. The molecule has 0 aliphatic carbocycles. The molecule has 2 aromatic rings. The number of thioether (sulfide) groups is 1. The number of nitrogens with zero attached hydrogens (tertiary/aromatic N) is 2. The molecule has 0 bridgehead atoms. The fourth-order valence-corrected chi connectivity index (χ4v) is 3.94. The van der Waals surface area contributed by atoms with Crippen molar-refractivity contribution in [3.05, 3.63) is 59.7 Å². The van der Waals surface area contributed by atoms with E-state index >= 15 is 0 Å². The average Bonchev–Trinajstić information content (AvgIpc) is 2.89. The molecule has 0 aromatic heterocycles. The molecule has 1 atom stereocenters. The molecule has 0 saturated heterocycles. The Morgan fingerprint density at radius 1 is 1.20 bits per heavy atom. The fourth-order valence-electron chi connectivity index (χ4n) is 2.56. The van der Waals surface area contributed by atoms with E-state index < -0.39 is 0 Å². The third-order valence-corrected chi connectivity index (χ3v) is 4.93. The Balaban J connectivity index is 1.65. The molecule has 1 heterocycles. The van der Waals surface area contributed by atoms with Crippen LogP contribution in [0.4, 0.5) is 5.69 Å². The smallest absolute Gasteiger partial charge is 0.0991 e. The fraction of sp³-hybridized carbons (Fsp3) is 0.235. The highest BCUT2D eigenvalue weighted by Crippen LogP contribution is 2.37. The Kier molecular flexibility index (Phi) is 3.66. The zero-order valence-electron chi connectivity index (χ0n) is 11.4. The van der Waals surface area contributed by atoms with Gasteiger partial charge in [-0.15, -0.1) is 11.8 Å². The van der Waals surface area contributed by atoms with Crippen LogP contribution in [0.2, 0.25) is 0 Å². The van der Waals surface area contributed by atoms with Crippen molar-refractivity contribution in [2.75, 3.05) is 18.5 Å². The maximum Gasteiger partial charge on any atom is 0.0991 e. The summed E-state index contributed by atoms with van der Waals surface area (Å²) in [6.45, 7) is 1.02. The summed E-state index contributed by atoms with van der Waals surface area (Å²) in [5.41, 5.74) is 3.35. The van der Waals surface area contributed by atoms with Crippen molar-refractivity contribution >= 4 is 17.4 Å². The minimum Gasteiger partial charge on any atom is -0.373 e. The van der Waals surface area contributed by atoms with E-state index in [1.807, 2.05) is 36.0 Å². The molecular formula is C17H16N2S. The Morgan fingerprint density at radius 3 is 2.65 bits per heavy atom. The van der Waals surface area contributed by atoms with Crippen LogP contribution >= 0.6 is 11.8 Å². The van der Waals surface area contributed by atoms with Gasteiger partial charge in [-0.05, 0) is 42.3 Å². The number of anilines is 1. The summed E-state index contributed by atoms with van der Waals surface area (Å²) in [6.07, 6.45) is 1.14. The van der Waals surface area contributed by atoms with Gasteiger partial charge in [0.1, 0.15) is 0 Å². The third kappa shape index (κ3) is 2.66. The molecule has 0 spiro atoms. The van der Waals surface area contributed by atoms with Crippen LogP contribution in [-0.2, 0) is 6.42 Å². The van der Waals surface area contributed by atoms with Crippen molar-refractivity contribution in [1.29, 1.82) is 5.26 Å². The first-order chi connectivity index (χ1) is 9.76. The lowest BCUT2D eigenvalue weighted by Crippen LogP contribution is -2.26. The normalized spacial score (nSPS) is 16.5. The molecule has 3 heteroatoms. The van der Waals surface area contributed by atoms with Crippen molar-refractivity contribution in [2.45, 2.75) is 16.6 Å². The average molecular weight is 280 g/mol. The molecule has 1 aliphatic rings. The summed E-state index contributed by atoms with van der Waals surface area (Å²) in [5, 5.41) is 9.43. The summed E-state index contributed by atoms with van der Waals surface area (Å²) in [7, 11) is 2.12. The zero-order chi connectivity index (χ0) is 13.9. The molecule has 1 aliphatic heterocycles. The van der Waals surface area contributed by atoms with Gasteiger partial charge in [0.15, 0.2) is 0 Å². The second-order valence-corrected chi connectivity index (χ2v) is 6.43. The topological polar surface area (TPSA) is 27.0 Å². The van der Waals surface area contributed by atoms with Crippen LogP contribution < -0.4 is 4.90 Å². The van der Waals surface area contributed by atoms with Crippen molar-refractivity contribution < 1.29 is 0 Å². The number of hydrogen-bond donors (Lipinski definition) is 0. The summed E-state index contributed by atoms with van der Waals surface area (Å²) < 4.78 is 0. The van der Waals surface area contributed by atoms with E-state index in [1.165, 1.54) is 16.1 Å². The molecule has 1 unspecified atom stereocenters. The molecule has 0 radical (unpaired) electrons. The number of benzene rings is 2. The standard InChI is InChI=1S/C17H16N2S/c1-19(15-8-6-13(11-18)7-9-15)12-16-10-14-4-2-3-5-17(14)20-16/h2-9,16H,10,12H2,1H3. The van der Waals surface area contributed by atoms with Crippen molar-refractivity contribution in [1.82, 2.24) is 0 Å². The maximum absolute atomic E-state index is 8.83. The van der Waals surface area contributed by atoms with Gasteiger partial charge in [0.25, 0.3) is 0 Å². The predicted octanol–water partition coefficient (Wildman–Crippen LogP) is 3.71. The van der Waals surface area contributed by atoms with Crippen LogP contribution in [0.15, 0.2) is 53.4 Å². The molecule has 0 fully saturated rings. The summed E-state index contributed by atoms with van der Waals surface area (Å²) in [4.78, 5) is 3.69. The Bertz CT molecular complexity index is 618. The minimum absolute atomic E-state index is 0.605. The molecule has 0 amide bonds. The van der Waals surface area contributed by atoms with E-state index in [2.05, 4.69) is 42.3 Å². The van der Waals surface area contributed by atoms with Gasteiger partial charge in [0.05, 0.1) is 11.6 Å². The van der Waals surface area contributed by atoms with Gasteiger partial charge in [-0.2, -0.15) is 5.26 Å². The van der Waals surface area contributed by atoms with Crippen LogP contribution in [0, 0.1) is 11.3 Å². The Labute approximate surface area is 124 Å². The first-order valence-electron chi connectivity index (χ1n) is 6.72. The molecule has 20 heavy (non-hydrogen) atoms. The van der Waals surface area contributed by atoms with Gasteiger partial charge in [-0.3, -0.25) is 0 Å². The van der Waals surface area contributed by atoms with E-state index in [4.69, 9.17) is 5.26 Å². The largest absolute Gasteiger partial charge is 0.373 e. The Morgan fingerprint density at radius 2 is 1.95 bits per heavy atom. The summed E-state index contributed by atoms with van der Waals surface area (Å²) in [6, 6.07) is 18.6. The highest BCUT2D eigenvalue weighted by molar-refractivity contribution is 8.00. The molecule has 0 N–H and O–H groups in total. The van der Waals surface area contributed by atoms with Gasteiger partial charge in [0.2, 0.25) is 0 Å². The van der Waals surface area contributed by atoms with E-state index in [9.17, 15) is 0 Å². The van der Waals surface area contributed by atoms with Gasteiger partial charge >= 0.3 is 0 Å². The first-order valence-corrected chi connectivity index (χ1v) is 7.60. The van der Waals surface area contributed by atoms with Crippen LogP contribution in [-0.4, -0.2) is 18.8 Å². The third-order valence-electron chi connectivity index (χ3n) is 3.63. The van der Waals surface area contributed by atoms with Crippen molar-refractivity contribution in [2.24, 2.45) is 0 Å². The predicted molar refractivity (Wildman–Crippen MR) is 84.2 cm³/mol. The molecule has 2 aromatic carbocycles. The van der Waals surface area contributed by atoms with Gasteiger partial charge in [-0.25, -0.2) is 0 Å². The van der Waals surface area contributed by atoms with Crippen LogP contribution in [0.3, 0.4) is 0 Å². The maximum atomic E-state index is 8.83. The van der Waals surface area contributed by atoms with Crippen molar-refractivity contribution in [3.8, 4) is 6.07 Å². The number of hydrogen-bond acceptors (Lipinski definition) is 3. The lowest BCUT2D eigenvalue weighted by atomic mass is 10.1. The number of rotatable bonds is 3. The minimum atomic E-state index is 0.605. The van der Waals surface area contributed by atoms with Crippen LogP contribution in [0.25, 0.3) is 0 Å². The molecular weight excluding hydrogens is 264 g/mol. The van der Waals surface area contributed by atoms with Gasteiger partial charge in [-0.1, -0.05) is 18.2 Å². The monoisotopic (exact) mass is 280 g/mol. The molecule has 0 saturated carbocycles. The summed E-state index contributed by atoms with van der Waals surface area (Å²) in [5.74, 6) is 0. The second kappa shape index (κ2) is 5.60. The molecule has 3 rings (SSSR count). The van der Waals surface area contributed by atoms with E-state index in [0.717, 1.165) is 13.0 Å². The highest BCUT2D eigenvalue weighted by Gasteiger charge is 2.22. The quantitative estimate of drug-likeness (QED) is 0.857. The van der Waals surface area contributed by atoms with Crippen LogP contribution in [0.1, 0.15) is 11.1 Å². The zero-order valence-corrected chi connectivity index (χ0v) is 12.2. The molecule has 100 valence electrons. The number of fused-ring (bicyclic) bond motifs is 1. The van der Waals surface area contributed by atoms with Crippen molar-refractivity contribution in [3.63, 3.8) is 0 Å². The van der Waals surface area contributed by atoms with E-state index in [1.54, 1.807) is 0 Å². The van der Waals surface area contributed by atoms with Gasteiger partial charge in [0, 0.05) is 29.4 Å². The van der Waals surface area contributed by atoms with E-state index in [0.29, 0.717) is 10.8 Å². The summed E-state index contributed by atoms with van der Waals surface area (Å²) >= 11 is 1.97. The van der Waals surface area contributed by atoms with Crippen LogP contribution in [0.5, 0.6) is 0 Å². The Hall–Kier alpha value is -1.92. The SMILES string of the molecule is CN(CC1Cc2ccccc2S1)c1ccc(C#N)cc1. The number of nitriles is 1. The van der Waals surface area contributed by atoms with E-state index in [-0.39, 0.29) is 0 Å². The first kappa shape index (κ1) is 13.1. The molecule has 2 nitrogen and oxygen atoms in total. The lowest BCUT2D eigenvalue weighted by molar-refractivity contribution is 0.814. The van der Waals surface area contributed by atoms with Gasteiger partial charge < -0.3 is 4.90 Å².